The minimum atomic E-state index is -0.140. The van der Waals surface area contributed by atoms with Gasteiger partial charge in [-0.3, -0.25) is 9.59 Å². The number of carbonyl (C=O) groups is 2. The van der Waals surface area contributed by atoms with Crippen LogP contribution in [0, 0.1) is 17.8 Å². The molecule has 1 aromatic rings. The van der Waals surface area contributed by atoms with Gasteiger partial charge >= 0.3 is 0 Å². The molecule has 2 unspecified atom stereocenters. The number of hydrogen-bond acceptors (Lipinski definition) is 4. The van der Waals surface area contributed by atoms with Crippen molar-refractivity contribution in [3.8, 4) is 0 Å². The largest absolute Gasteiger partial charge is 0.326 e. The molecule has 0 aromatic carbocycles. The molecule has 2 aliphatic rings. The summed E-state index contributed by atoms with van der Waals surface area (Å²) in [5.41, 5.74) is 6.40. The van der Waals surface area contributed by atoms with E-state index >= 15 is 0 Å². The maximum Gasteiger partial charge on any atom is 0.238 e. The summed E-state index contributed by atoms with van der Waals surface area (Å²) in [5.74, 6) is 0.420. The van der Waals surface area contributed by atoms with E-state index in [4.69, 9.17) is 5.73 Å². The normalized spacial score (nSPS) is 30.0. The maximum atomic E-state index is 12.3. The van der Waals surface area contributed by atoms with Crippen molar-refractivity contribution in [3.05, 3.63) is 23.9 Å². The predicted molar refractivity (Wildman–Crippen MR) is 70.0 cm³/mol. The van der Waals surface area contributed by atoms with E-state index in [0.717, 1.165) is 18.4 Å². The van der Waals surface area contributed by atoms with Gasteiger partial charge in [0.15, 0.2) is 0 Å². The average molecular weight is 259 g/mol. The molecule has 2 atom stereocenters. The van der Waals surface area contributed by atoms with Crippen molar-refractivity contribution < 1.29 is 9.59 Å². The van der Waals surface area contributed by atoms with Crippen LogP contribution in [0.2, 0.25) is 0 Å². The van der Waals surface area contributed by atoms with Crippen LogP contribution in [0.5, 0.6) is 0 Å². The molecule has 1 aromatic heterocycles. The van der Waals surface area contributed by atoms with Crippen LogP contribution in [-0.4, -0.2) is 16.8 Å². The van der Waals surface area contributed by atoms with Crippen molar-refractivity contribution in [2.24, 2.45) is 23.5 Å². The van der Waals surface area contributed by atoms with E-state index in [1.54, 1.807) is 18.3 Å². The van der Waals surface area contributed by atoms with Crippen molar-refractivity contribution in [1.82, 2.24) is 4.98 Å². The van der Waals surface area contributed by atoms with Crippen LogP contribution in [0.1, 0.15) is 25.3 Å². The minimum Gasteiger partial charge on any atom is -0.326 e. The van der Waals surface area contributed by atoms with Gasteiger partial charge in [-0.2, -0.15) is 0 Å². The van der Waals surface area contributed by atoms with E-state index in [0.29, 0.717) is 18.3 Å². The predicted octanol–water partition coefficient (Wildman–Crippen LogP) is 1.08. The van der Waals surface area contributed by atoms with E-state index in [9.17, 15) is 9.59 Å². The Bertz CT molecular complexity index is 502. The van der Waals surface area contributed by atoms with Crippen LogP contribution in [0.4, 0.5) is 5.82 Å². The Morgan fingerprint density at radius 1 is 1.26 bits per heavy atom. The van der Waals surface area contributed by atoms with Crippen LogP contribution in [0.25, 0.3) is 0 Å². The summed E-state index contributed by atoms with van der Waals surface area (Å²) in [4.78, 5) is 30.1. The Morgan fingerprint density at radius 3 is 2.37 bits per heavy atom. The molecule has 5 heteroatoms. The molecule has 0 radical (unpaired) electrons. The summed E-state index contributed by atoms with van der Waals surface area (Å²) >= 11 is 0. The van der Waals surface area contributed by atoms with E-state index in [1.165, 1.54) is 4.90 Å². The first-order valence-corrected chi connectivity index (χ1v) is 6.64. The standard InChI is InChI=1S/C14H17N3O2/c1-8-4-10-11(5-8)14(19)17(13(10)18)12-3-2-9(6-15)7-16-12/h2-3,7-8,10-11H,4-6,15H2,1H3. The smallest absolute Gasteiger partial charge is 0.238 e. The third-order valence-electron chi connectivity index (χ3n) is 4.15. The summed E-state index contributed by atoms with van der Waals surface area (Å²) in [6, 6.07) is 3.50. The highest BCUT2D eigenvalue weighted by Gasteiger charge is 2.52. The molecule has 5 nitrogen and oxygen atoms in total. The topological polar surface area (TPSA) is 76.3 Å². The van der Waals surface area contributed by atoms with Crippen molar-refractivity contribution in [2.45, 2.75) is 26.3 Å². The summed E-state index contributed by atoms with van der Waals surface area (Å²) < 4.78 is 0. The summed E-state index contributed by atoms with van der Waals surface area (Å²) in [6.45, 7) is 2.50. The number of imide groups is 1. The number of pyridine rings is 1. The molecule has 0 bridgehead atoms. The molecule has 2 fully saturated rings. The molecule has 1 saturated heterocycles. The maximum absolute atomic E-state index is 12.3. The fraction of sp³-hybridized carbons (Fsp3) is 0.500. The highest BCUT2D eigenvalue weighted by molar-refractivity contribution is 6.21. The van der Waals surface area contributed by atoms with E-state index in [-0.39, 0.29) is 23.7 Å². The number of aromatic nitrogens is 1. The second-order valence-corrected chi connectivity index (χ2v) is 5.53. The van der Waals surface area contributed by atoms with Gasteiger partial charge in [0.1, 0.15) is 5.82 Å². The first-order chi connectivity index (χ1) is 9.11. The highest BCUT2D eigenvalue weighted by Crippen LogP contribution is 2.43. The van der Waals surface area contributed by atoms with Gasteiger partial charge in [0.05, 0.1) is 11.8 Å². The lowest BCUT2D eigenvalue weighted by Crippen LogP contribution is -2.32. The molecule has 19 heavy (non-hydrogen) atoms. The molecule has 3 rings (SSSR count). The van der Waals surface area contributed by atoms with E-state index in [1.807, 2.05) is 0 Å². The Morgan fingerprint density at radius 2 is 1.89 bits per heavy atom. The third kappa shape index (κ3) is 1.85. The number of anilines is 1. The minimum absolute atomic E-state index is 0.0904. The van der Waals surface area contributed by atoms with Gasteiger partial charge in [0, 0.05) is 12.7 Å². The quantitative estimate of drug-likeness (QED) is 0.806. The van der Waals surface area contributed by atoms with Crippen molar-refractivity contribution in [2.75, 3.05) is 4.90 Å². The van der Waals surface area contributed by atoms with E-state index in [2.05, 4.69) is 11.9 Å². The van der Waals surface area contributed by atoms with Crippen LogP contribution in [-0.2, 0) is 16.1 Å². The number of hydrogen-bond donors (Lipinski definition) is 1. The van der Waals surface area contributed by atoms with Gasteiger partial charge in [-0.25, -0.2) is 9.88 Å². The number of amides is 2. The van der Waals surface area contributed by atoms with Gasteiger partial charge in [-0.1, -0.05) is 13.0 Å². The second kappa shape index (κ2) is 4.42. The van der Waals surface area contributed by atoms with Gasteiger partial charge in [0.2, 0.25) is 11.8 Å². The molecule has 2 N–H and O–H groups in total. The van der Waals surface area contributed by atoms with Crippen LogP contribution in [0.15, 0.2) is 18.3 Å². The summed E-state index contributed by atoms with van der Waals surface area (Å²) in [6.07, 6.45) is 3.24. The van der Waals surface area contributed by atoms with Crippen molar-refractivity contribution >= 4 is 17.6 Å². The van der Waals surface area contributed by atoms with Crippen LogP contribution in [0.3, 0.4) is 0 Å². The lowest BCUT2D eigenvalue weighted by atomic mass is 10.00. The SMILES string of the molecule is CC1CC2C(=O)N(c3ccc(CN)cn3)C(=O)C2C1. The molecule has 100 valence electrons. The zero-order valence-electron chi connectivity index (χ0n) is 10.9. The lowest BCUT2D eigenvalue weighted by molar-refractivity contribution is -0.123. The zero-order chi connectivity index (χ0) is 13.6. The van der Waals surface area contributed by atoms with Crippen molar-refractivity contribution in [3.63, 3.8) is 0 Å². The molecular formula is C14H17N3O2. The van der Waals surface area contributed by atoms with Gasteiger partial charge in [-0.15, -0.1) is 0 Å². The van der Waals surface area contributed by atoms with Gasteiger partial charge in [-0.05, 0) is 30.4 Å². The first kappa shape index (κ1) is 12.3. The lowest BCUT2D eigenvalue weighted by Gasteiger charge is -2.15. The monoisotopic (exact) mass is 259 g/mol. The molecule has 2 amide bonds. The molecule has 2 heterocycles. The Labute approximate surface area is 111 Å². The second-order valence-electron chi connectivity index (χ2n) is 5.53. The fourth-order valence-corrected chi connectivity index (χ4v) is 3.17. The van der Waals surface area contributed by atoms with Gasteiger partial charge < -0.3 is 5.73 Å². The Kier molecular flexibility index (Phi) is 2.86. The molecular weight excluding hydrogens is 242 g/mol. The molecule has 0 spiro atoms. The molecule has 1 aliphatic carbocycles. The Balaban J connectivity index is 1.89. The fourth-order valence-electron chi connectivity index (χ4n) is 3.17. The first-order valence-electron chi connectivity index (χ1n) is 6.64. The number of rotatable bonds is 2. The highest BCUT2D eigenvalue weighted by atomic mass is 16.2. The third-order valence-corrected chi connectivity index (χ3v) is 4.15. The average Bonchev–Trinajstić information content (AvgIpc) is 2.90. The summed E-state index contributed by atoms with van der Waals surface area (Å²) in [5, 5.41) is 0. The summed E-state index contributed by atoms with van der Waals surface area (Å²) in [7, 11) is 0. The molecule has 1 aliphatic heterocycles. The van der Waals surface area contributed by atoms with Crippen LogP contribution >= 0.6 is 0 Å². The number of nitrogens with two attached hydrogens (primary N) is 1. The van der Waals surface area contributed by atoms with Gasteiger partial charge in [0.25, 0.3) is 0 Å². The number of nitrogens with zero attached hydrogens (tertiary/aromatic N) is 2. The Hall–Kier alpha value is -1.75. The number of fused-ring (bicyclic) bond motifs is 1. The number of carbonyl (C=O) groups excluding carboxylic acids is 2. The zero-order valence-corrected chi connectivity index (χ0v) is 10.9. The van der Waals surface area contributed by atoms with Crippen molar-refractivity contribution in [1.29, 1.82) is 0 Å². The van der Waals surface area contributed by atoms with Crippen LogP contribution < -0.4 is 10.6 Å². The molecule has 1 saturated carbocycles. The van der Waals surface area contributed by atoms with E-state index < -0.39 is 0 Å².